The van der Waals surface area contributed by atoms with Gasteiger partial charge in [0.2, 0.25) is 0 Å². The Morgan fingerprint density at radius 2 is 2.00 bits per heavy atom. The van der Waals surface area contributed by atoms with E-state index in [9.17, 15) is 5.11 Å². The third-order valence-electron chi connectivity index (χ3n) is 6.17. The van der Waals surface area contributed by atoms with Gasteiger partial charge in [-0.15, -0.1) is 4.99 Å². The molecule has 1 aromatic rings. The zero-order valence-corrected chi connectivity index (χ0v) is 20.3. The van der Waals surface area contributed by atoms with Crippen LogP contribution in [0.5, 0.6) is 11.5 Å². The largest absolute Gasteiger partial charge is 0.592 e. The van der Waals surface area contributed by atoms with Crippen LogP contribution in [-0.2, 0) is 11.2 Å². The molecule has 1 atom stereocenters. The topological polar surface area (TPSA) is 77.1 Å². The molecule has 0 fully saturated rings. The molecule has 0 amide bonds. The van der Waals surface area contributed by atoms with Crippen molar-refractivity contribution in [2.45, 2.75) is 77.7 Å². The van der Waals surface area contributed by atoms with Crippen LogP contribution < -0.4 is 10.5 Å². The van der Waals surface area contributed by atoms with E-state index in [1.165, 1.54) is 31.3 Å². The molecule has 0 radical (unpaired) electrons. The lowest BCUT2D eigenvalue weighted by molar-refractivity contribution is 0.146. The summed E-state index contributed by atoms with van der Waals surface area (Å²) in [5.41, 5.74) is 7.92. The number of hydrogen-bond donors (Lipinski definition) is 2. The number of benzene rings is 1. The maximum atomic E-state index is 10.2. The number of aromatic hydroxyl groups is 1. The molecule has 5 heteroatoms. The van der Waals surface area contributed by atoms with Crippen molar-refractivity contribution in [2.75, 3.05) is 13.2 Å². The van der Waals surface area contributed by atoms with Crippen molar-refractivity contribution < 1.29 is 14.6 Å². The fraction of sp³-hybridized carbons (Fsp3) is 0.536. The van der Waals surface area contributed by atoms with E-state index in [2.05, 4.69) is 37.4 Å². The molecular weight excluding hydrogens is 412 g/mol. The first-order valence-corrected chi connectivity index (χ1v) is 12.5. The molecule has 0 bridgehead atoms. The van der Waals surface area contributed by atoms with E-state index >= 15 is 0 Å². The van der Waals surface area contributed by atoms with Gasteiger partial charge in [-0.3, -0.25) is 0 Å². The molecular formula is C28H40N2O3. The average molecular weight is 453 g/mol. The van der Waals surface area contributed by atoms with E-state index in [0.29, 0.717) is 18.3 Å². The van der Waals surface area contributed by atoms with Crippen LogP contribution in [0.15, 0.2) is 46.7 Å². The van der Waals surface area contributed by atoms with Gasteiger partial charge in [0.25, 0.3) is 0 Å². The molecule has 2 heterocycles. The van der Waals surface area contributed by atoms with Gasteiger partial charge in [-0.1, -0.05) is 43.9 Å². The summed E-state index contributed by atoms with van der Waals surface area (Å²) < 4.78 is 12.0. The first-order valence-electron chi connectivity index (χ1n) is 12.5. The lowest BCUT2D eigenvalue weighted by Gasteiger charge is -2.21. The van der Waals surface area contributed by atoms with E-state index in [-0.39, 0.29) is 11.9 Å². The first kappa shape index (κ1) is 25.1. The maximum absolute atomic E-state index is 10.2. The Labute approximate surface area is 199 Å². The van der Waals surface area contributed by atoms with Crippen molar-refractivity contribution in [1.29, 1.82) is 0 Å². The molecule has 33 heavy (non-hydrogen) atoms. The van der Waals surface area contributed by atoms with Gasteiger partial charge in [0.15, 0.2) is 23.8 Å². The molecule has 2 aliphatic heterocycles. The fourth-order valence-corrected chi connectivity index (χ4v) is 4.04. The number of ether oxygens (including phenoxy) is 2. The van der Waals surface area contributed by atoms with Gasteiger partial charge >= 0.3 is 0 Å². The number of nitrogens with zero attached hydrogens (tertiary/aromatic N) is 1. The standard InChI is InChI=1S/C28H40N2O3/c1-21(2)23-19-24(30-20-23)15-17-32-28-18-22(10-14-27(28)31)9-11-26-13-12-25(33-26)8-6-4-3-5-7-16-29/h10,12-14,18-21,25,31H,3-9,11,15-17,29H2,1-2H3. The molecule has 1 aromatic carbocycles. The van der Waals surface area contributed by atoms with Gasteiger partial charge < -0.3 is 20.3 Å². The lowest BCUT2D eigenvalue weighted by atomic mass is 10.0. The molecule has 2 aliphatic rings. The minimum Gasteiger partial charge on any atom is -0.592 e. The van der Waals surface area contributed by atoms with Crippen LogP contribution in [0, 0.1) is 18.4 Å². The predicted octanol–water partition coefficient (Wildman–Crippen LogP) is 6.08. The number of phenolic OH excluding ortho intramolecular Hbond substituents is 1. The van der Waals surface area contributed by atoms with E-state index in [1.807, 2.05) is 18.3 Å². The Bertz CT molecular complexity index is 828. The molecule has 3 N–H and O–H groups in total. The van der Waals surface area contributed by atoms with Crippen LogP contribution in [0.1, 0.15) is 70.8 Å². The van der Waals surface area contributed by atoms with Crippen LogP contribution in [0.4, 0.5) is 0 Å². The summed E-state index contributed by atoms with van der Waals surface area (Å²) in [5, 5.41) is 10.2. The Kier molecular flexibility index (Phi) is 10.1. The maximum Gasteiger partial charge on any atom is 0.176 e. The zero-order valence-electron chi connectivity index (χ0n) is 20.3. The Morgan fingerprint density at radius 1 is 1.18 bits per heavy atom. The van der Waals surface area contributed by atoms with Crippen molar-refractivity contribution in [1.82, 2.24) is 0 Å². The summed E-state index contributed by atoms with van der Waals surface area (Å²) in [4.78, 5) is 4.45. The number of nitrogens with two attached hydrogens (primary N) is 1. The van der Waals surface area contributed by atoms with Crippen LogP contribution in [0.2, 0.25) is 0 Å². The van der Waals surface area contributed by atoms with Gasteiger partial charge in [0.1, 0.15) is 12.2 Å². The Hall–Kier alpha value is -2.53. The smallest absolute Gasteiger partial charge is 0.176 e. The second kappa shape index (κ2) is 13.2. The average Bonchev–Trinajstić information content (AvgIpc) is 3.46. The number of phenols is 1. The predicted molar refractivity (Wildman–Crippen MR) is 135 cm³/mol. The summed E-state index contributed by atoms with van der Waals surface area (Å²) in [5.74, 6) is 2.23. The van der Waals surface area contributed by atoms with Gasteiger partial charge in [0.05, 0.1) is 12.5 Å². The van der Waals surface area contributed by atoms with Crippen molar-refractivity contribution in [3.05, 3.63) is 59.7 Å². The van der Waals surface area contributed by atoms with E-state index < -0.39 is 0 Å². The summed E-state index contributed by atoms with van der Waals surface area (Å²) in [6.45, 7) is 5.62. The first-order chi connectivity index (χ1) is 16.0. The highest BCUT2D eigenvalue weighted by Crippen LogP contribution is 2.30. The summed E-state index contributed by atoms with van der Waals surface area (Å²) in [7, 11) is 0. The van der Waals surface area contributed by atoms with Crippen molar-refractivity contribution >= 4 is 6.21 Å². The minimum absolute atomic E-state index is 0.174. The lowest BCUT2D eigenvalue weighted by Crippen LogP contribution is -2.07. The number of unbranched alkanes of at least 4 members (excludes halogenated alkanes) is 4. The Morgan fingerprint density at radius 3 is 2.79 bits per heavy atom. The second-order valence-corrected chi connectivity index (χ2v) is 9.28. The van der Waals surface area contributed by atoms with E-state index in [1.54, 1.807) is 6.07 Å². The van der Waals surface area contributed by atoms with Crippen LogP contribution in [0.3, 0.4) is 0 Å². The van der Waals surface area contributed by atoms with Crippen molar-refractivity contribution in [3.63, 3.8) is 0 Å². The van der Waals surface area contributed by atoms with Crippen LogP contribution in [0.25, 0.3) is 0 Å². The number of hydrogen-bond acceptors (Lipinski definition) is 5. The highest BCUT2D eigenvalue weighted by molar-refractivity contribution is 5.83. The summed E-state index contributed by atoms with van der Waals surface area (Å²) in [6, 6.07) is 6.63. The van der Waals surface area contributed by atoms with Crippen molar-refractivity contribution in [3.8, 4) is 11.5 Å². The number of rotatable bonds is 15. The van der Waals surface area contributed by atoms with Gasteiger partial charge in [0, 0.05) is 12.0 Å². The summed E-state index contributed by atoms with van der Waals surface area (Å²) in [6.07, 6.45) is 18.2. The second-order valence-electron chi connectivity index (χ2n) is 9.28. The molecule has 0 saturated heterocycles. The molecule has 180 valence electrons. The molecule has 3 rings (SSSR count). The molecule has 0 aromatic heterocycles. The number of aliphatic imine (C=N–C) groups is 1. The molecule has 5 nitrogen and oxygen atoms in total. The molecule has 0 spiro atoms. The van der Waals surface area contributed by atoms with Crippen molar-refractivity contribution in [2.24, 2.45) is 16.6 Å². The highest BCUT2D eigenvalue weighted by Gasteiger charge is 2.23. The number of aryl methyl sites for hydroxylation is 1. The monoisotopic (exact) mass is 452 g/mol. The van der Waals surface area contributed by atoms with E-state index in [4.69, 9.17) is 15.2 Å². The van der Waals surface area contributed by atoms with Crippen LogP contribution >= 0.6 is 0 Å². The normalized spacial score (nSPS) is 17.2. The fourth-order valence-electron chi connectivity index (χ4n) is 4.04. The molecule has 0 aliphatic carbocycles. The summed E-state index contributed by atoms with van der Waals surface area (Å²) >= 11 is 0. The van der Waals surface area contributed by atoms with Crippen LogP contribution in [-0.4, -0.2) is 30.6 Å². The minimum atomic E-state index is 0.174. The quantitative estimate of drug-likeness (QED) is 0.250. The SMILES string of the molecule is CC(C)C1=C[C+](CCOc2cc(CCC3=C[CH-]C(CCCCCCCN)O3)ccc2O)N=C1. The van der Waals surface area contributed by atoms with Gasteiger partial charge in [-0.05, 0) is 57.4 Å². The Balaban J connectivity index is 1.36. The highest BCUT2D eigenvalue weighted by atomic mass is 16.5. The molecule has 1 unspecified atom stereocenters. The van der Waals surface area contributed by atoms with E-state index in [0.717, 1.165) is 56.0 Å². The third kappa shape index (κ3) is 8.39. The number of allylic oxidation sites excluding steroid dienone is 2. The van der Waals surface area contributed by atoms with Gasteiger partial charge in [-0.2, -0.15) is 12.5 Å². The third-order valence-corrected chi connectivity index (χ3v) is 6.17. The zero-order chi connectivity index (χ0) is 23.5. The van der Waals surface area contributed by atoms with Gasteiger partial charge in [-0.25, -0.2) is 0 Å². The molecule has 0 saturated carbocycles.